The number of H-pyrrole nitrogens is 3. The zero-order valence-corrected chi connectivity index (χ0v) is 71.9. The quantitative estimate of drug-likeness (QED) is 0.0206. The van der Waals surface area contributed by atoms with Crippen LogP contribution in [0.5, 0.6) is 0 Å². The second kappa shape index (κ2) is 51.9. The molecule has 7 rings (SSSR count). The van der Waals surface area contributed by atoms with Crippen LogP contribution >= 0.6 is 98.3 Å². The van der Waals surface area contributed by atoms with E-state index in [1.54, 1.807) is 123 Å². The second-order valence-electron chi connectivity index (χ2n) is 23.2. The van der Waals surface area contributed by atoms with E-state index in [0.29, 0.717) is 23.2 Å². The van der Waals surface area contributed by atoms with Crippen molar-refractivity contribution in [2.24, 2.45) is 0 Å². The number of aromatic nitrogens is 6. The van der Waals surface area contributed by atoms with Gasteiger partial charge in [0.1, 0.15) is 0 Å². The summed E-state index contributed by atoms with van der Waals surface area (Å²) < 4.78 is 136. The molecule has 0 amide bonds. The number of rotatable bonds is 28. The van der Waals surface area contributed by atoms with Crippen LogP contribution in [0.3, 0.4) is 0 Å². The van der Waals surface area contributed by atoms with Crippen molar-refractivity contribution in [1.29, 1.82) is 0 Å². The Hall–Kier alpha value is -3.23. The molecule has 0 spiro atoms. The predicted octanol–water partition coefficient (Wildman–Crippen LogP) is 17.7. The fourth-order valence-electron chi connectivity index (χ4n) is 10.6. The van der Waals surface area contributed by atoms with Gasteiger partial charge in [-0.1, -0.05) is 87.7 Å². The fraction of sp³-hybridized carbons (Fsp3) is 0.548. The molecular weight excluding hydrogens is 1650 g/mol. The number of nitrogens with one attached hydrogen (secondary N) is 3. The molecule has 102 heavy (non-hydrogen) atoms. The zero-order valence-electron chi connectivity index (χ0n) is 59.6. The van der Waals surface area contributed by atoms with Crippen molar-refractivity contribution in [2.75, 3.05) is 58.5 Å². The average Bonchev–Trinajstić information content (AvgIpc) is 0.825. The van der Waals surface area contributed by atoms with Gasteiger partial charge in [0.2, 0.25) is 0 Å². The van der Waals surface area contributed by atoms with E-state index in [4.69, 9.17) is 36.6 Å². The molecule has 4 aromatic rings. The summed E-state index contributed by atoms with van der Waals surface area (Å²) in [5, 5.41) is 0. The Morgan fingerprint density at radius 1 is 0.480 bits per heavy atom. The Morgan fingerprint density at radius 2 is 0.755 bits per heavy atom. The molecular formula is C62H100Cl2N6O21P10Ru+6. The van der Waals surface area contributed by atoms with Crippen molar-refractivity contribution >= 4 is 103 Å². The Labute approximate surface area is 617 Å². The molecule has 1 aromatic carbocycles. The first-order valence-electron chi connectivity index (χ1n) is 32.1. The summed E-state index contributed by atoms with van der Waals surface area (Å²) in [7, 11) is -12.7. The number of halogens is 2. The van der Waals surface area contributed by atoms with Crippen molar-refractivity contribution < 1.29 is 80.5 Å². The summed E-state index contributed by atoms with van der Waals surface area (Å²) in [6, 6.07) is 9.89. The number of benzene rings is 1. The van der Waals surface area contributed by atoms with Crippen LogP contribution in [0.4, 0.5) is 0 Å². The van der Waals surface area contributed by atoms with Crippen molar-refractivity contribution in [3.63, 3.8) is 0 Å². The number of nitrogens with zero attached hydrogens (tertiary/aromatic N) is 3. The van der Waals surface area contributed by atoms with E-state index in [-0.39, 0.29) is 58.2 Å². The van der Waals surface area contributed by atoms with Crippen molar-refractivity contribution in [3.05, 3.63) is 190 Å². The SMILES string of the molecule is C1CCC([PH+](C2CCCCC2)C2CCCCC2)CC1.C=CCP(=O)(O[P+](C)=O)O[P+](C)=O.CC=CCn1cc(C)c(=O)[nH]c1=O.Cc1cn(C/C=C/CP(=O)(O[P+](C)=O)O[P+](C)=O)c(=O)[nH]c1=O.Cc1cn(C/C=C\CP(=O)(O[P+](C)=O)O[P+](C)=O)c(=O)[nH]c1=O.[CH3-].[Cl][Ru]([Cl])=[CH]c1ccccc1. The Bertz CT molecular complexity index is 3830. The summed E-state index contributed by atoms with van der Waals surface area (Å²) in [4.78, 5) is 74.3. The molecule has 0 radical (unpaired) electrons. The molecule has 3 N–H and O–H groups in total. The van der Waals surface area contributed by atoms with Gasteiger partial charge in [-0.2, -0.15) is 0 Å². The van der Waals surface area contributed by atoms with Crippen molar-refractivity contribution in [1.82, 2.24) is 28.7 Å². The standard InChI is InChI=1S/C18H33P.2C11H16N2O7P3.C9H12N2O2.C7H6.C5H11O5P3.CH3.2ClH.Ru/c1-4-10-16(11-5-1)19(17-12-6-2-7-13-17)18-14-8-3-9-15-18;2*1-9-8-13(11(15)12-10(9)14)6-4-5-7-23(18,19-21(2)16)20-22(3)17;1-3-4-5-11-6-7(2)8(12)10-9(11)13;1-7-5-3-2-4-6-7;1-4-5-13(8,9-11(2)6)10-12(3)7;;;;/h16-18H,1-15H2;2*4-5,8H,6-7H2,1-3H3;3-4,6H,5H2,1-2H3,(H,10,12,13);1-6H;4H,1,5H2,2-3H3;1H3;2*1H;/q;2*+1;;;+2;-1;;;+2/p+1/b;5-4+;5-4-;;;;;;;. The van der Waals surface area contributed by atoms with Crippen LogP contribution < -0.4 is 33.7 Å². The van der Waals surface area contributed by atoms with E-state index in [2.05, 4.69) is 30.2 Å². The van der Waals surface area contributed by atoms with Crippen LogP contribution in [0.1, 0.15) is 125 Å². The molecule has 570 valence electrons. The molecule has 3 heterocycles. The van der Waals surface area contributed by atoms with E-state index >= 15 is 0 Å². The van der Waals surface area contributed by atoms with E-state index < -0.39 is 107 Å². The number of hydrogen-bond donors (Lipinski definition) is 3. The van der Waals surface area contributed by atoms with E-state index in [0.717, 1.165) is 5.56 Å². The van der Waals surface area contributed by atoms with Gasteiger partial charge in [-0.3, -0.25) is 56.7 Å². The van der Waals surface area contributed by atoms with Crippen LogP contribution in [0.25, 0.3) is 0 Å². The molecule has 6 unspecified atom stereocenters. The van der Waals surface area contributed by atoms with Crippen LogP contribution in [0.2, 0.25) is 0 Å². The van der Waals surface area contributed by atoms with Gasteiger partial charge in [0.25, 0.3) is 16.7 Å². The van der Waals surface area contributed by atoms with Gasteiger partial charge in [0, 0.05) is 62.8 Å². The van der Waals surface area contributed by atoms with Crippen LogP contribution in [0.15, 0.2) is 127 Å². The third-order valence-corrected chi connectivity index (χ3v) is 34.7. The Morgan fingerprint density at radius 3 is 1.01 bits per heavy atom. The number of hydrogen-bond acceptors (Lipinski definition) is 21. The van der Waals surface area contributed by atoms with Gasteiger partial charge < -0.3 is 7.43 Å². The first-order valence-corrected chi connectivity index (χ1v) is 54.3. The minimum atomic E-state index is -3.78. The maximum atomic E-state index is 12.2. The Balaban J connectivity index is 0.000000625. The first kappa shape index (κ1) is 96.8. The molecule has 0 saturated heterocycles. The summed E-state index contributed by atoms with van der Waals surface area (Å²) in [6.45, 7) is 18.1. The molecule has 0 aliphatic heterocycles. The molecule has 6 atom stereocenters. The third kappa shape index (κ3) is 41.2. The molecule has 27 nitrogen and oxygen atoms in total. The van der Waals surface area contributed by atoms with Crippen LogP contribution in [0, 0.1) is 28.2 Å². The second-order valence-corrected chi connectivity index (χ2v) is 46.3. The van der Waals surface area contributed by atoms with Gasteiger partial charge in [-0.05, 0) is 132 Å². The van der Waals surface area contributed by atoms with E-state index in [1.807, 2.05) is 54.0 Å². The molecule has 0 bridgehead atoms. The van der Waals surface area contributed by atoms with Gasteiger partial charge in [-0.15, -0.1) is 6.58 Å². The topological polar surface area (TPSA) is 374 Å². The molecule has 3 aromatic heterocycles. The summed E-state index contributed by atoms with van der Waals surface area (Å²) in [6.07, 6.45) is 38.4. The van der Waals surface area contributed by atoms with Crippen molar-refractivity contribution in [3.8, 4) is 0 Å². The summed E-state index contributed by atoms with van der Waals surface area (Å²) >= 11 is -1.61. The first-order chi connectivity index (χ1) is 47.5. The predicted molar refractivity (Wildman–Crippen MR) is 415 cm³/mol. The van der Waals surface area contributed by atoms with E-state index in [9.17, 15) is 69.9 Å². The van der Waals surface area contributed by atoms with Crippen molar-refractivity contribution in [2.45, 2.75) is 161 Å². The number of aromatic amines is 3. The van der Waals surface area contributed by atoms with Gasteiger partial charge >= 0.3 is 161 Å². The number of aryl methyl sites for hydroxylation is 3. The molecule has 40 heteroatoms. The monoisotopic (exact) mass is 1750 g/mol. The molecule has 3 saturated carbocycles. The summed E-state index contributed by atoms with van der Waals surface area (Å²) in [5.41, 5.74) is 3.34. The molecule has 3 aliphatic carbocycles. The molecule has 3 fully saturated rings. The Kier molecular flexibility index (Phi) is 49.3. The third-order valence-electron chi connectivity index (χ3n) is 14.7. The number of allylic oxidation sites excluding steroid dienone is 7. The normalized spacial score (nSPS) is 17.0. The van der Waals surface area contributed by atoms with Crippen LogP contribution in [-0.4, -0.2) is 109 Å². The molecule has 3 aliphatic rings. The van der Waals surface area contributed by atoms with Gasteiger partial charge in [0.05, 0.1) is 35.5 Å². The average molecular weight is 1750 g/mol. The minimum absolute atomic E-state index is 0. The fourth-order valence-corrected chi connectivity index (χ4v) is 30.0. The van der Waals surface area contributed by atoms with Crippen LogP contribution in [-0.2, 0) is 100 Å². The summed E-state index contributed by atoms with van der Waals surface area (Å²) in [5.74, 6) is 0. The van der Waals surface area contributed by atoms with Gasteiger partial charge in [-0.25, -0.2) is 14.4 Å². The van der Waals surface area contributed by atoms with Gasteiger partial charge in [0.15, 0.2) is 40.0 Å². The maximum absolute atomic E-state index is 12.2. The van der Waals surface area contributed by atoms with E-state index in [1.165, 1.54) is 113 Å². The zero-order chi connectivity index (χ0) is 75.9.